The standard InChI is InChI=1S/C10H10Br2N2O/c1-13-5-6(11)3-9-8(13)4-7(12)10(15)14(9)2/h3-4H,5H2,1-2H3. The number of rotatable bonds is 0. The molecule has 0 saturated heterocycles. The third-order valence-corrected chi connectivity index (χ3v) is 3.54. The van der Waals surface area contributed by atoms with Crippen molar-refractivity contribution < 1.29 is 0 Å². The summed E-state index contributed by atoms with van der Waals surface area (Å²) in [7, 11) is 3.78. The number of hydrogen-bond acceptors (Lipinski definition) is 2. The smallest absolute Gasteiger partial charge is 0.265 e. The number of halogens is 2. The van der Waals surface area contributed by atoms with Gasteiger partial charge in [-0.05, 0) is 28.1 Å². The first kappa shape index (κ1) is 11.0. The molecule has 3 nitrogen and oxygen atoms in total. The predicted octanol–water partition coefficient (Wildman–Crippen LogP) is 2.33. The number of likely N-dealkylation sites (N-methyl/N-ethyl adjacent to an activating group) is 1. The lowest BCUT2D eigenvalue weighted by atomic mass is 10.2. The second-order valence-corrected chi connectivity index (χ2v) is 5.45. The van der Waals surface area contributed by atoms with Crippen molar-refractivity contribution in [3.8, 4) is 0 Å². The van der Waals surface area contributed by atoms with Crippen LogP contribution in [0.4, 0.5) is 5.69 Å². The molecule has 1 aliphatic rings. The lowest BCUT2D eigenvalue weighted by Gasteiger charge is -2.27. The minimum Gasteiger partial charge on any atom is -0.368 e. The average Bonchev–Trinajstić information content (AvgIpc) is 2.17. The summed E-state index contributed by atoms with van der Waals surface area (Å²) in [4.78, 5) is 13.8. The normalized spacial score (nSPS) is 14.9. The minimum absolute atomic E-state index is 0.0133. The number of aromatic nitrogens is 1. The van der Waals surface area contributed by atoms with Gasteiger partial charge in [0.25, 0.3) is 5.56 Å². The maximum absolute atomic E-state index is 11.7. The van der Waals surface area contributed by atoms with E-state index < -0.39 is 0 Å². The van der Waals surface area contributed by atoms with Crippen LogP contribution in [0, 0.1) is 0 Å². The Morgan fingerprint density at radius 3 is 2.67 bits per heavy atom. The zero-order valence-corrected chi connectivity index (χ0v) is 11.6. The third kappa shape index (κ3) is 1.78. The highest BCUT2D eigenvalue weighted by Gasteiger charge is 2.17. The van der Waals surface area contributed by atoms with Gasteiger partial charge in [-0.2, -0.15) is 0 Å². The molecule has 2 rings (SSSR count). The van der Waals surface area contributed by atoms with Gasteiger partial charge in [0, 0.05) is 25.1 Å². The van der Waals surface area contributed by atoms with E-state index in [2.05, 4.69) is 36.8 Å². The number of hydrogen-bond donors (Lipinski definition) is 0. The van der Waals surface area contributed by atoms with E-state index in [1.807, 2.05) is 19.2 Å². The molecule has 5 heteroatoms. The molecule has 0 fully saturated rings. The van der Waals surface area contributed by atoms with Crippen molar-refractivity contribution >= 4 is 43.6 Å². The molecule has 0 amide bonds. The highest BCUT2D eigenvalue weighted by molar-refractivity contribution is 9.11. The number of fused-ring (bicyclic) bond motifs is 1. The lowest BCUT2D eigenvalue weighted by Crippen LogP contribution is -2.29. The van der Waals surface area contributed by atoms with Crippen molar-refractivity contribution in [2.45, 2.75) is 0 Å². The first-order chi connectivity index (χ1) is 7.00. The highest BCUT2D eigenvalue weighted by atomic mass is 79.9. The molecule has 0 unspecified atom stereocenters. The quantitative estimate of drug-likeness (QED) is 0.728. The summed E-state index contributed by atoms with van der Waals surface area (Å²) < 4.78 is 3.33. The summed E-state index contributed by atoms with van der Waals surface area (Å²) in [6.45, 7) is 0.831. The fraction of sp³-hybridized carbons (Fsp3) is 0.300. The van der Waals surface area contributed by atoms with Crippen molar-refractivity contribution in [3.05, 3.63) is 31.1 Å². The van der Waals surface area contributed by atoms with Gasteiger partial charge in [-0.25, -0.2) is 0 Å². The number of pyridine rings is 1. The van der Waals surface area contributed by atoms with Crippen LogP contribution in [0.1, 0.15) is 5.69 Å². The molecule has 80 valence electrons. The molecule has 0 aliphatic carbocycles. The van der Waals surface area contributed by atoms with E-state index in [9.17, 15) is 4.79 Å². The highest BCUT2D eigenvalue weighted by Crippen LogP contribution is 2.29. The Morgan fingerprint density at radius 1 is 1.33 bits per heavy atom. The van der Waals surface area contributed by atoms with Crippen molar-refractivity contribution in [1.82, 2.24) is 4.57 Å². The van der Waals surface area contributed by atoms with Gasteiger partial charge in [0.2, 0.25) is 0 Å². The molecule has 0 atom stereocenters. The van der Waals surface area contributed by atoms with E-state index in [-0.39, 0.29) is 5.56 Å². The molecule has 0 radical (unpaired) electrons. The molecule has 1 aliphatic heterocycles. The first-order valence-electron chi connectivity index (χ1n) is 4.47. The van der Waals surface area contributed by atoms with Crippen LogP contribution in [0.5, 0.6) is 0 Å². The number of nitrogens with zero attached hydrogens (tertiary/aromatic N) is 2. The maximum Gasteiger partial charge on any atom is 0.265 e. The molecule has 1 aromatic heterocycles. The summed E-state index contributed by atoms with van der Waals surface area (Å²) in [6.07, 6.45) is 1.99. The van der Waals surface area contributed by atoms with Crippen molar-refractivity contribution in [1.29, 1.82) is 0 Å². The summed E-state index contributed by atoms with van der Waals surface area (Å²) in [5.74, 6) is 0. The van der Waals surface area contributed by atoms with E-state index >= 15 is 0 Å². The molecule has 0 spiro atoms. The molecular formula is C10H10Br2N2O. The molecule has 2 heterocycles. The molecule has 0 aromatic carbocycles. The molecule has 0 bridgehead atoms. The molecular weight excluding hydrogens is 324 g/mol. The van der Waals surface area contributed by atoms with Gasteiger partial charge >= 0.3 is 0 Å². The van der Waals surface area contributed by atoms with E-state index in [0.29, 0.717) is 4.47 Å². The SMILES string of the molecule is CN1CC(Br)=Cc2c1cc(Br)c(=O)n2C. The average molecular weight is 334 g/mol. The largest absolute Gasteiger partial charge is 0.368 e. The molecule has 1 aromatic rings. The first-order valence-corrected chi connectivity index (χ1v) is 6.06. The molecule has 0 N–H and O–H groups in total. The van der Waals surface area contributed by atoms with Gasteiger partial charge in [0.15, 0.2) is 0 Å². The Hall–Kier alpha value is -0.550. The maximum atomic E-state index is 11.7. The van der Waals surface area contributed by atoms with Crippen molar-refractivity contribution in [2.24, 2.45) is 7.05 Å². The van der Waals surface area contributed by atoms with Crippen molar-refractivity contribution in [3.63, 3.8) is 0 Å². The Morgan fingerprint density at radius 2 is 2.00 bits per heavy atom. The van der Waals surface area contributed by atoms with Crippen LogP contribution in [0.2, 0.25) is 0 Å². The van der Waals surface area contributed by atoms with Crippen LogP contribution in [-0.4, -0.2) is 18.2 Å². The Bertz CT molecular complexity index is 505. The molecule has 0 saturated carbocycles. The third-order valence-electron chi connectivity index (χ3n) is 2.49. The van der Waals surface area contributed by atoms with E-state index in [1.165, 1.54) is 0 Å². The van der Waals surface area contributed by atoms with Gasteiger partial charge in [0.1, 0.15) is 0 Å². The van der Waals surface area contributed by atoms with Crippen LogP contribution in [0.15, 0.2) is 19.8 Å². The van der Waals surface area contributed by atoms with E-state index in [4.69, 9.17) is 0 Å². The van der Waals surface area contributed by atoms with Crippen LogP contribution >= 0.6 is 31.9 Å². The fourth-order valence-electron chi connectivity index (χ4n) is 1.68. The van der Waals surface area contributed by atoms with E-state index in [1.54, 1.807) is 11.6 Å². The van der Waals surface area contributed by atoms with Crippen LogP contribution < -0.4 is 10.5 Å². The predicted molar refractivity (Wildman–Crippen MR) is 69.6 cm³/mol. The molecule has 15 heavy (non-hydrogen) atoms. The van der Waals surface area contributed by atoms with Crippen LogP contribution in [-0.2, 0) is 7.05 Å². The Labute approximate surface area is 105 Å². The van der Waals surface area contributed by atoms with Gasteiger partial charge in [-0.15, -0.1) is 0 Å². The number of anilines is 1. The van der Waals surface area contributed by atoms with Gasteiger partial charge in [-0.1, -0.05) is 15.9 Å². The lowest BCUT2D eigenvalue weighted by molar-refractivity contribution is 0.823. The monoisotopic (exact) mass is 332 g/mol. The van der Waals surface area contributed by atoms with Crippen LogP contribution in [0.25, 0.3) is 6.08 Å². The fourth-order valence-corrected chi connectivity index (χ4v) is 2.76. The Balaban J connectivity index is 2.78. The zero-order valence-electron chi connectivity index (χ0n) is 8.42. The van der Waals surface area contributed by atoms with Gasteiger partial charge in [0.05, 0.1) is 15.9 Å². The summed E-state index contributed by atoms with van der Waals surface area (Å²) in [6, 6.07) is 1.87. The zero-order chi connectivity index (χ0) is 11.2. The summed E-state index contributed by atoms with van der Waals surface area (Å²) in [5, 5.41) is 0. The summed E-state index contributed by atoms with van der Waals surface area (Å²) >= 11 is 6.74. The van der Waals surface area contributed by atoms with Gasteiger partial charge < -0.3 is 9.47 Å². The summed E-state index contributed by atoms with van der Waals surface area (Å²) in [5.41, 5.74) is 1.98. The van der Waals surface area contributed by atoms with E-state index in [0.717, 1.165) is 22.4 Å². The van der Waals surface area contributed by atoms with Gasteiger partial charge in [-0.3, -0.25) is 4.79 Å². The van der Waals surface area contributed by atoms with Crippen LogP contribution in [0.3, 0.4) is 0 Å². The minimum atomic E-state index is -0.0133. The second-order valence-electron chi connectivity index (χ2n) is 3.57. The Kier molecular flexibility index (Phi) is 2.77. The van der Waals surface area contributed by atoms with Crippen molar-refractivity contribution in [2.75, 3.05) is 18.5 Å². The second kappa shape index (κ2) is 3.79. The topological polar surface area (TPSA) is 25.2 Å².